The monoisotopic (exact) mass is 397 g/mol. The van der Waals surface area contributed by atoms with Crippen molar-refractivity contribution in [2.45, 2.75) is 13.8 Å². The number of ether oxygens (including phenoxy) is 2. The van der Waals surface area contributed by atoms with Crippen molar-refractivity contribution < 1.29 is 9.47 Å². The molecule has 1 aromatic carbocycles. The van der Waals surface area contributed by atoms with Gasteiger partial charge in [-0.3, -0.25) is 9.97 Å². The van der Waals surface area contributed by atoms with E-state index in [-0.39, 0.29) is 0 Å². The molecule has 0 aliphatic rings. The van der Waals surface area contributed by atoms with Gasteiger partial charge in [-0.25, -0.2) is 4.98 Å². The zero-order valence-electron chi connectivity index (χ0n) is 17.1. The highest BCUT2D eigenvalue weighted by Gasteiger charge is 2.13. The van der Waals surface area contributed by atoms with E-state index in [9.17, 15) is 0 Å². The summed E-state index contributed by atoms with van der Waals surface area (Å²) in [7, 11) is 0. The molecular weight excluding hydrogens is 374 g/mol. The van der Waals surface area contributed by atoms with Crippen LogP contribution in [0.5, 0.6) is 11.5 Å². The summed E-state index contributed by atoms with van der Waals surface area (Å²) in [6.07, 6.45) is 3.54. The molecule has 0 saturated heterocycles. The van der Waals surface area contributed by atoms with Crippen molar-refractivity contribution >= 4 is 0 Å². The molecule has 30 heavy (non-hydrogen) atoms. The van der Waals surface area contributed by atoms with Crippen LogP contribution in [0.15, 0.2) is 79.1 Å². The Balaban J connectivity index is 1.86. The number of hydrogen-bond donors (Lipinski definition) is 0. The molecule has 0 N–H and O–H groups in total. The average molecular weight is 397 g/mol. The van der Waals surface area contributed by atoms with Crippen LogP contribution in [0.3, 0.4) is 0 Å². The highest BCUT2D eigenvalue weighted by molar-refractivity contribution is 5.76. The van der Waals surface area contributed by atoms with Gasteiger partial charge in [-0.1, -0.05) is 18.2 Å². The quantitative estimate of drug-likeness (QED) is 0.402. The van der Waals surface area contributed by atoms with E-state index in [4.69, 9.17) is 14.5 Å². The fraction of sp³-hybridized carbons (Fsp3) is 0.160. The van der Waals surface area contributed by atoms with Gasteiger partial charge in [-0.2, -0.15) is 0 Å². The lowest BCUT2D eigenvalue weighted by atomic mass is 10.0. The standard InChI is InChI=1S/C25H23N3O2/c1-3-29-24-12-11-18(17-25(24)30-4-2)19-15-22(20-9-5-7-13-26-20)28-23(16-19)21-10-6-8-14-27-21/h5-17H,3-4H2,1-2H3. The van der Waals surface area contributed by atoms with Gasteiger partial charge in [0.05, 0.1) is 36.0 Å². The minimum atomic E-state index is 0.568. The smallest absolute Gasteiger partial charge is 0.161 e. The van der Waals surface area contributed by atoms with Gasteiger partial charge < -0.3 is 9.47 Å². The Bertz CT molecular complexity index is 1060. The molecule has 4 rings (SSSR count). The summed E-state index contributed by atoms with van der Waals surface area (Å²) < 4.78 is 11.5. The second kappa shape index (κ2) is 9.18. The van der Waals surface area contributed by atoms with E-state index in [1.165, 1.54) is 0 Å². The van der Waals surface area contributed by atoms with Gasteiger partial charge in [0.25, 0.3) is 0 Å². The summed E-state index contributed by atoms with van der Waals surface area (Å²) in [5.41, 5.74) is 5.23. The first-order chi connectivity index (χ1) is 14.8. The minimum Gasteiger partial charge on any atom is -0.490 e. The fourth-order valence-electron chi connectivity index (χ4n) is 3.22. The lowest BCUT2D eigenvalue weighted by molar-refractivity contribution is 0.288. The molecule has 0 bridgehead atoms. The van der Waals surface area contributed by atoms with E-state index in [0.717, 1.165) is 45.4 Å². The third kappa shape index (κ3) is 4.30. The van der Waals surface area contributed by atoms with Crippen LogP contribution in [-0.4, -0.2) is 28.2 Å². The maximum absolute atomic E-state index is 5.82. The zero-order valence-corrected chi connectivity index (χ0v) is 17.1. The number of benzene rings is 1. The molecule has 5 nitrogen and oxygen atoms in total. The SMILES string of the molecule is CCOc1ccc(-c2cc(-c3ccccn3)nc(-c3ccccn3)c2)cc1OCC. The van der Waals surface area contributed by atoms with Crippen molar-refractivity contribution in [1.82, 2.24) is 15.0 Å². The van der Waals surface area contributed by atoms with Crippen LogP contribution in [0.2, 0.25) is 0 Å². The van der Waals surface area contributed by atoms with Gasteiger partial charge >= 0.3 is 0 Å². The van der Waals surface area contributed by atoms with Crippen molar-refractivity contribution in [3.05, 3.63) is 79.1 Å². The van der Waals surface area contributed by atoms with Gasteiger partial charge in [-0.05, 0) is 73.5 Å². The summed E-state index contributed by atoms with van der Waals surface area (Å²) in [6.45, 7) is 5.08. The molecule has 0 unspecified atom stereocenters. The predicted molar refractivity (Wildman–Crippen MR) is 118 cm³/mol. The third-order valence-corrected chi connectivity index (χ3v) is 4.56. The van der Waals surface area contributed by atoms with Crippen LogP contribution in [0.1, 0.15) is 13.8 Å². The highest BCUT2D eigenvalue weighted by Crippen LogP contribution is 2.35. The molecule has 0 saturated carbocycles. The first-order valence-electron chi connectivity index (χ1n) is 10.0. The molecule has 0 aliphatic heterocycles. The summed E-state index contributed by atoms with van der Waals surface area (Å²) in [5, 5.41) is 0. The number of rotatable bonds is 7. The highest BCUT2D eigenvalue weighted by atomic mass is 16.5. The van der Waals surface area contributed by atoms with E-state index in [1.807, 2.05) is 80.6 Å². The van der Waals surface area contributed by atoms with Crippen LogP contribution in [0.4, 0.5) is 0 Å². The molecule has 0 amide bonds. The molecule has 5 heteroatoms. The topological polar surface area (TPSA) is 57.1 Å². The molecule has 150 valence electrons. The summed E-state index contributed by atoms with van der Waals surface area (Å²) in [6, 6.07) is 21.7. The summed E-state index contributed by atoms with van der Waals surface area (Å²) in [5.74, 6) is 1.47. The average Bonchev–Trinajstić information content (AvgIpc) is 2.81. The number of aromatic nitrogens is 3. The van der Waals surface area contributed by atoms with Gasteiger partial charge in [0.2, 0.25) is 0 Å². The number of hydrogen-bond acceptors (Lipinski definition) is 5. The molecule has 0 fully saturated rings. The molecule has 0 atom stereocenters. The van der Waals surface area contributed by atoms with Crippen molar-refractivity contribution in [3.63, 3.8) is 0 Å². The lowest BCUT2D eigenvalue weighted by Gasteiger charge is -2.14. The fourth-order valence-corrected chi connectivity index (χ4v) is 3.22. The molecular formula is C25H23N3O2. The molecule has 0 aliphatic carbocycles. The first kappa shape index (κ1) is 19.6. The van der Waals surface area contributed by atoms with Gasteiger partial charge in [-0.15, -0.1) is 0 Å². The van der Waals surface area contributed by atoms with Crippen molar-refractivity contribution in [1.29, 1.82) is 0 Å². The Morgan fingerprint density at radius 2 is 1.20 bits per heavy atom. The van der Waals surface area contributed by atoms with Crippen LogP contribution >= 0.6 is 0 Å². The second-order valence-electron chi connectivity index (χ2n) is 6.58. The van der Waals surface area contributed by atoms with Gasteiger partial charge in [0.1, 0.15) is 0 Å². The first-order valence-corrected chi connectivity index (χ1v) is 10.0. The van der Waals surface area contributed by atoms with E-state index in [0.29, 0.717) is 13.2 Å². The van der Waals surface area contributed by atoms with Gasteiger partial charge in [0, 0.05) is 12.4 Å². The molecule has 0 radical (unpaired) electrons. The maximum atomic E-state index is 5.82. The zero-order chi connectivity index (χ0) is 20.8. The maximum Gasteiger partial charge on any atom is 0.161 e. The molecule has 3 heterocycles. The molecule has 3 aromatic heterocycles. The van der Waals surface area contributed by atoms with E-state index >= 15 is 0 Å². The largest absolute Gasteiger partial charge is 0.490 e. The van der Waals surface area contributed by atoms with E-state index in [2.05, 4.69) is 9.97 Å². The van der Waals surface area contributed by atoms with E-state index in [1.54, 1.807) is 12.4 Å². The second-order valence-corrected chi connectivity index (χ2v) is 6.58. The Kier molecular flexibility index (Phi) is 5.99. The molecule has 0 spiro atoms. The Labute approximate surface area is 176 Å². The summed E-state index contributed by atoms with van der Waals surface area (Å²) in [4.78, 5) is 13.8. The number of pyridine rings is 3. The minimum absolute atomic E-state index is 0.568. The lowest BCUT2D eigenvalue weighted by Crippen LogP contribution is -1.99. The Morgan fingerprint density at radius 3 is 1.73 bits per heavy atom. The summed E-state index contributed by atoms with van der Waals surface area (Å²) >= 11 is 0. The van der Waals surface area contributed by atoms with Crippen LogP contribution < -0.4 is 9.47 Å². The third-order valence-electron chi connectivity index (χ3n) is 4.56. The Morgan fingerprint density at radius 1 is 0.600 bits per heavy atom. The van der Waals surface area contributed by atoms with Crippen LogP contribution in [-0.2, 0) is 0 Å². The predicted octanol–water partition coefficient (Wildman–Crippen LogP) is 5.67. The van der Waals surface area contributed by atoms with Crippen LogP contribution in [0, 0.1) is 0 Å². The van der Waals surface area contributed by atoms with Crippen LogP contribution in [0.25, 0.3) is 33.9 Å². The Hall–Kier alpha value is -3.73. The normalized spacial score (nSPS) is 10.6. The van der Waals surface area contributed by atoms with Crippen molar-refractivity contribution in [2.75, 3.05) is 13.2 Å². The van der Waals surface area contributed by atoms with Gasteiger partial charge in [0.15, 0.2) is 11.5 Å². The van der Waals surface area contributed by atoms with Crippen molar-refractivity contribution in [3.8, 4) is 45.4 Å². The number of nitrogens with zero attached hydrogens (tertiary/aromatic N) is 3. The van der Waals surface area contributed by atoms with E-state index < -0.39 is 0 Å². The molecule has 4 aromatic rings. The van der Waals surface area contributed by atoms with Crippen molar-refractivity contribution in [2.24, 2.45) is 0 Å².